The zero-order valence-corrected chi connectivity index (χ0v) is 12.4. The van der Waals surface area contributed by atoms with Crippen LogP contribution in [0.3, 0.4) is 0 Å². The van der Waals surface area contributed by atoms with Crippen LogP contribution in [0.15, 0.2) is 12.4 Å². The van der Waals surface area contributed by atoms with Gasteiger partial charge in [-0.2, -0.15) is 0 Å². The molecule has 3 N–H and O–H groups in total. The molecule has 0 saturated heterocycles. The SMILES string of the molecule is C[C@H](NC(=O)c1ncc[nH]1)C12C[C@H]3C[C@@H](CC(O)(C3)C1)C2. The second-order valence-electron chi connectivity index (χ2n) is 7.68. The van der Waals surface area contributed by atoms with E-state index >= 15 is 0 Å². The Kier molecular flexibility index (Phi) is 2.74. The minimum atomic E-state index is -0.478. The zero-order valence-electron chi connectivity index (χ0n) is 12.4. The third-order valence-electron chi connectivity index (χ3n) is 6.05. The maximum atomic E-state index is 12.2. The lowest BCUT2D eigenvalue weighted by Crippen LogP contribution is -2.61. The van der Waals surface area contributed by atoms with E-state index < -0.39 is 5.60 Å². The van der Waals surface area contributed by atoms with Crippen molar-refractivity contribution in [3.05, 3.63) is 18.2 Å². The number of hydrogen-bond donors (Lipinski definition) is 3. The molecule has 3 atom stereocenters. The van der Waals surface area contributed by atoms with Crippen molar-refractivity contribution < 1.29 is 9.90 Å². The standard InChI is InChI=1S/C16H23N3O2/c1-10(19-14(20)13-17-2-3-18-13)15-5-11-4-12(6-15)8-16(21,7-11)9-15/h2-3,10-12,21H,4-9H2,1H3,(H,17,18)(H,19,20)/t10-,11+,12+,15?,16?/m0/s1. The monoisotopic (exact) mass is 289 g/mol. The first-order valence-electron chi connectivity index (χ1n) is 8.01. The van der Waals surface area contributed by atoms with Crippen LogP contribution in [-0.4, -0.2) is 32.6 Å². The highest BCUT2D eigenvalue weighted by molar-refractivity contribution is 5.90. The number of aliphatic hydroxyl groups is 1. The fraction of sp³-hybridized carbons (Fsp3) is 0.750. The highest BCUT2D eigenvalue weighted by Gasteiger charge is 2.59. The Morgan fingerprint density at radius 3 is 2.71 bits per heavy atom. The Bertz CT molecular complexity index is 540. The number of amides is 1. The summed E-state index contributed by atoms with van der Waals surface area (Å²) in [5, 5.41) is 13.9. The van der Waals surface area contributed by atoms with Gasteiger partial charge in [0.2, 0.25) is 0 Å². The molecule has 4 aliphatic carbocycles. The van der Waals surface area contributed by atoms with E-state index in [1.807, 2.05) is 0 Å². The molecule has 1 amide bonds. The van der Waals surface area contributed by atoms with Gasteiger partial charge in [0.25, 0.3) is 5.91 Å². The number of hydrogen-bond acceptors (Lipinski definition) is 3. The number of nitrogens with zero attached hydrogens (tertiary/aromatic N) is 1. The molecule has 0 unspecified atom stereocenters. The first kappa shape index (κ1) is 13.3. The molecule has 5 heteroatoms. The zero-order chi connectivity index (χ0) is 14.7. The number of aromatic nitrogens is 2. The van der Waals surface area contributed by atoms with E-state index in [9.17, 15) is 9.90 Å². The average Bonchev–Trinajstić information content (AvgIpc) is 2.89. The average molecular weight is 289 g/mol. The molecule has 1 aromatic rings. The minimum absolute atomic E-state index is 0.0705. The maximum Gasteiger partial charge on any atom is 0.287 e. The van der Waals surface area contributed by atoms with Gasteiger partial charge in [-0.25, -0.2) is 4.98 Å². The molecule has 1 aromatic heterocycles. The lowest BCUT2D eigenvalue weighted by Gasteiger charge is -2.62. The number of rotatable bonds is 3. The quantitative estimate of drug-likeness (QED) is 0.794. The minimum Gasteiger partial charge on any atom is -0.390 e. The molecular weight excluding hydrogens is 266 g/mol. The van der Waals surface area contributed by atoms with Gasteiger partial charge in [-0.15, -0.1) is 0 Å². The summed E-state index contributed by atoms with van der Waals surface area (Å²) in [6.45, 7) is 2.09. The summed E-state index contributed by atoms with van der Waals surface area (Å²) in [5.41, 5.74) is -0.408. The lowest BCUT2D eigenvalue weighted by atomic mass is 9.46. The summed E-state index contributed by atoms with van der Waals surface area (Å²) < 4.78 is 0. The fourth-order valence-corrected chi connectivity index (χ4v) is 5.60. The van der Waals surface area contributed by atoms with E-state index in [1.165, 1.54) is 6.42 Å². The van der Waals surface area contributed by atoms with E-state index in [4.69, 9.17) is 0 Å². The van der Waals surface area contributed by atoms with Gasteiger partial charge in [-0.05, 0) is 62.7 Å². The van der Waals surface area contributed by atoms with E-state index in [0.717, 1.165) is 32.1 Å². The van der Waals surface area contributed by atoms with E-state index in [-0.39, 0.29) is 17.4 Å². The van der Waals surface area contributed by atoms with Crippen molar-refractivity contribution in [3.8, 4) is 0 Å². The Balaban J connectivity index is 1.54. The fourth-order valence-electron chi connectivity index (χ4n) is 5.60. The van der Waals surface area contributed by atoms with Gasteiger partial charge in [-0.1, -0.05) is 0 Å². The molecule has 4 bridgehead atoms. The third-order valence-corrected chi connectivity index (χ3v) is 6.05. The van der Waals surface area contributed by atoms with Crippen molar-refractivity contribution in [1.29, 1.82) is 0 Å². The first-order valence-corrected chi connectivity index (χ1v) is 8.01. The number of aromatic amines is 1. The molecule has 0 aliphatic heterocycles. The van der Waals surface area contributed by atoms with Gasteiger partial charge in [-0.3, -0.25) is 4.79 Å². The van der Waals surface area contributed by atoms with Crippen LogP contribution in [0.1, 0.15) is 56.1 Å². The van der Waals surface area contributed by atoms with Gasteiger partial charge < -0.3 is 15.4 Å². The summed E-state index contributed by atoms with van der Waals surface area (Å²) >= 11 is 0. The molecule has 5 nitrogen and oxygen atoms in total. The summed E-state index contributed by atoms with van der Waals surface area (Å²) in [6.07, 6.45) is 9.57. The van der Waals surface area contributed by atoms with Crippen LogP contribution < -0.4 is 5.32 Å². The Labute approximate surface area is 124 Å². The van der Waals surface area contributed by atoms with Gasteiger partial charge in [0.1, 0.15) is 0 Å². The smallest absolute Gasteiger partial charge is 0.287 e. The molecule has 114 valence electrons. The highest BCUT2D eigenvalue weighted by Crippen LogP contribution is 2.62. The van der Waals surface area contributed by atoms with Gasteiger partial charge in [0.15, 0.2) is 5.82 Å². The molecule has 0 spiro atoms. The van der Waals surface area contributed by atoms with Crippen molar-refractivity contribution in [3.63, 3.8) is 0 Å². The van der Waals surface area contributed by atoms with Crippen LogP contribution in [0.4, 0.5) is 0 Å². The first-order chi connectivity index (χ1) is 9.98. The second kappa shape index (κ2) is 4.32. The number of carbonyl (C=O) groups is 1. The highest BCUT2D eigenvalue weighted by atomic mass is 16.3. The van der Waals surface area contributed by atoms with Crippen molar-refractivity contribution in [2.45, 2.75) is 57.1 Å². The van der Waals surface area contributed by atoms with Crippen LogP contribution in [0.25, 0.3) is 0 Å². The number of imidazole rings is 1. The molecule has 21 heavy (non-hydrogen) atoms. The number of H-pyrrole nitrogens is 1. The van der Waals surface area contributed by atoms with Crippen molar-refractivity contribution in [2.24, 2.45) is 17.3 Å². The maximum absolute atomic E-state index is 12.2. The number of carbonyl (C=O) groups excluding carboxylic acids is 1. The van der Waals surface area contributed by atoms with Crippen molar-refractivity contribution >= 4 is 5.91 Å². The number of nitrogens with one attached hydrogen (secondary N) is 2. The molecular formula is C16H23N3O2. The Hall–Kier alpha value is -1.36. The summed E-state index contributed by atoms with van der Waals surface area (Å²) in [4.78, 5) is 19.1. The summed E-state index contributed by atoms with van der Waals surface area (Å²) in [5.74, 6) is 1.50. The predicted octanol–water partition coefficient (Wildman–Crippen LogP) is 1.86. The third kappa shape index (κ3) is 2.09. The van der Waals surface area contributed by atoms with Crippen molar-refractivity contribution in [1.82, 2.24) is 15.3 Å². The van der Waals surface area contributed by atoms with E-state index in [2.05, 4.69) is 22.2 Å². The summed E-state index contributed by atoms with van der Waals surface area (Å²) in [6, 6.07) is 0.0764. The van der Waals surface area contributed by atoms with Crippen LogP contribution in [0.2, 0.25) is 0 Å². The Morgan fingerprint density at radius 1 is 1.43 bits per heavy atom. The molecule has 4 fully saturated rings. The lowest BCUT2D eigenvalue weighted by molar-refractivity contribution is -0.171. The van der Waals surface area contributed by atoms with Crippen molar-refractivity contribution in [2.75, 3.05) is 0 Å². The normalized spacial score (nSPS) is 42.0. The van der Waals surface area contributed by atoms with E-state index in [0.29, 0.717) is 17.7 Å². The Morgan fingerprint density at radius 2 is 2.14 bits per heavy atom. The molecule has 0 aromatic carbocycles. The van der Waals surface area contributed by atoms with Gasteiger partial charge >= 0.3 is 0 Å². The summed E-state index contributed by atoms with van der Waals surface area (Å²) in [7, 11) is 0. The molecule has 4 saturated carbocycles. The largest absolute Gasteiger partial charge is 0.390 e. The van der Waals surface area contributed by atoms with Crippen LogP contribution >= 0.6 is 0 Å². The molecule has 1 heterocycles. The van der Waals surface area contributed by atoms with Crippen LogP contribution in [0, 0.1) is 17.3 Å². The van der Waals surface area contributed by atoms with Gasteiger partial charge in [0.05, 0.1) is 5.60 Å². The predicted molar refractivity (Wildman–Crippen MR) is 77.6 cm³/mol. The molecule has 0 radical (unpaired) electrons. The van der Waals surface area contributed by atoms with Crippen LogP contribution in [0.5, 0.6) is 0 Å². The van der Waals surface area contributed by atoms with Crippen LogP contribution in [-0.2, 0) is 0 Å². The van der Waals surface area contributed by atoms with E-state index in [1.54, 1.807) is 12.4 Å². The topological polar surface area (TPSA) is 78.0 Å². The molecule has 5 rings (SSSR count). The van der Waals surface area contributed by atoms with Gasteiger partial charge in [0, 0.05) is 18.4 Å². The molecule has 4 aliphatic rings. The second-order valence-corrected chi connectivity index (χ2v) is 7.68.